The van der Waals surface area contributed by atoms with Crippen LogP contribution in [-0.4, -0.2) is 23.0 Å². The molecule has 1 saturated heterocycles. The lowest BCUT2D eigenvalue weighted by Crippen LogP contribution is -2.36. The molecule has 0 aromatic carbocycles. The summed E-state index contributed by atoms with van der Waals surface area (Å²) in [5.41, 5.74) is 2.84. The number of likely N-dealkylation sites (tertiary alicyclic amines) is 1. The first-order chi connectivity index (χ1) is 10.2. The Bertz CT molecular complexity index is 434. The quantitative estimate of drug-likeness (QED) is 0.685. The molecule has 2 unspecified atom stereocenters. The van der Waals surface area contributed by atoms with Crippen molar-refractivity contribution in [1.29, 1.82) is 0 Å². The van der Waals surface area contributed by atoms with Gasteiger partial charge in [-0.05, 0) is 63.6 Å². The highest BCUT2D eigenvalue weighted by molar-refractivity contribution is 5.14. The van der Waals surface area contributed by atoms with E-state index in [2.05, 4.69) is 55.1 Å². The third-order valence-electron chi connectivity index (χ3n) is 4.44. The van der Waals surface area contributed by atoms with Gasteiger partial charge < -0.3 is 0 Å². The van der Waals surface area contributed by atoms with Crippen LogP contribution in [0, 0.1) is 5.92 Å². The Kier molecular flexibility index (Phi) is 6.44. The Labute approximate surface area is 130 Å². The van der Waals surface area contributed by atoms with Gasteiger partial charge >= 0.3 is 0 Å². The second kappa shape index (κ2) is 8.33. The number of rotatable bonds is 6. The summed E-state index contributed by atoms with van der Waals surface area (Å²) in [5.74, 6) is 0.762. The highest BCUT2D eigenvalue weighted by Gasteiger charge is 2.24. The largest absolute Gasteiger partial charge is 0.296 e. The second-order valence-corrected chi connectivity index (χ2v) is 6.76. The molecule has 0 N–H and O–H groups in total. The summed E-state index contributed by atoms with van der Waals surface area (Å²) in [6, 6.07) is 4.89. The highest BCUT2D eigenvalue weighted by Crippen LogP contribution is 2.31. The Morgan fingerprint density at radius 1 is 1.43 bits per heavy atom. The van der Waals surface area contributed by atoms with Crippen molar-refractivity contribution < 1.29 is 0 Å². The zero-order valence-electron chi connectivity index (χ0n) is 13.9. The molecular weight excluding hydrogens is 256 g/mol. The third kappa shape index (κ3) is 5.28. The smallest absolute Gasteiger partial charge is 0.0363 e. The lowest BCUT2D eigenvalue weighted by atomic mass is 9.94. The van der Waals surface area contributed by atoms with Crippen molar-refractivity contribution >= 4 is 0 Å². The zero-order chi connectivity index (χ0) is 15.1. The van der Waals surface area contributed by atoms with E-state index in [0.29, 0.717) is 6.04 Å². The van der Waals surface area contributed by atoms with Gasteiger partial charge in [-0.1, -0.05) is 31.1 Å². The molecule has 1 aromatic heterocycles. The van der Waals surface area contributed by atoms with Gasteiger partial charge in [0.1, 0.15) is 0 Å². The van der Waals surface area contributed by atoms with Gasteiger partial charge in [0.2, 0.25) is 0 Å². The number of piperidine rings is 1. The fourth-order valence-corrected chi connectivity index (χ4v) is 3.31. The molecule has 2 heterocycles. The van der Waals surface area contributed by atoms with E-state index in [0.717, 1.165) is 5.92 Å². The van der Waals surface area contributed by atoms with E-state index in [1.807, 2.05) is 6.20 Å². The van der Waals surface area contributed by atoms with Crippen LogP contribution in [0.1, 0.15) is 64.5 Å². The molecular formula is C19H30N2. The SMILES string of the molecule is CC(C)=CCCC(C)CN1CCCCC1c1cccnc1. The number of allylic oxidation sites excluding steroid dienone is 2. The van der Waals surface area contributed by atoms with Crippen LogP contribution in [0.3, 0.4) is 0 Å². The molecule has 2 heteroatoms. The number of aromatic nitrogens is 1. The summed E-state index contributed by atoms with van der Waals surface area (Å²) in [6.45, 7) is 9.23. The molecule has 0 spiro atoms. The van der Waals surface area contributed by atoms with Crippen molar-refractivity contribution in [3.05, 3.63) is 41.7 Å². The van der Waals surface area contributed by atoms with Crippen molar-refractivity contribution in [3.63, 3.8) is 0 Å². The molecule has 0 amide bonds. The molecule has 21 heavy (non-hydrogen) atoms. The van der Waals surface area contributed by atoms with Gasteiger partial charge in [0.25, 0.3) is 0 Å². The van der Waals surface area contributed by atoms with Gasteiger partial charge in [-0.3, -0.25) is 9.88 Å². The zero-order valence-corrected chi connectivity index (χ0v) is 13.9. The minimum atomic E-state index is 0.582. The average Bonchev–Trinajstić information content (AvgIpc) is 2.48. The first-order valence-corrected chi connectivity index (χ1v) is 8.44. The summed E-state index contributed by atoms with van der Waals surface area (Å²) >= 11 is 0. The molecule has 116 valence electrons. The summed E-state index contributed by atoms with van der Waals surface area (Å²) in [6.07, 6.45) is 12.8. The maximum Gasteiger partial charge on any atom is 0.0363 e. The van der Waals surface area contributed by atoms with Crippen LogP contribution < -0.4 is 0 Å². The van der Waals surface area contributed by atoms with E-state index >= 15 is 0 Å². The molecule has 0 saturated carbocycles. The van der Waals surface area contributed by atoms with E-state index in [1.165, 1.54) is 56.3 Å². The highest BCUT2D eigenvalue weighted by atomic mass is 15.2. The summed E-state index contributed by atoms with van der Waals surface area (Å²) < 4.78 is 0. The number of nitrogens with zero attached hydrogens (tertiary/aromatic N) is 2. The van der Waals surface area contributed by atoms with Crippen LogP contribution in [-0.2, 0) is 0 Å². The molecule has 2 atom stereocenters. The van der Waals surface area contributed by atoms with Crippen LogP contribution in [0.4, 0.5) is 0 Å². The molecule has 2 nitrogen and oxygen atoms in total. The van der Waals surface area contributed by atoms with Gasteiger partial charge in [-0.2, -0.15) is 0 Å². The van der Waals surface area contributed by atoms with Gasteiger partial charge in [-0.25, -0.2) is 0 Å². The first kappa shape index (κ1) is 16.2. The molecule has 1 aliphatic heterocycles. The minimum absolute atomic E-state index is 0.582. The standard InChI is InChI=1S/C19H30N2/c1-16(2)8-6-9-17(3)15-21-13-5-4-11-19(21)18-10-7-12-20-14-18/h7-8,10,12,14,17,19H,4-6,9,11,13,15H2,1-3H3. The van der Waals surface area contributed by atoms with Crippen molar-refractivity contribution in [3.8, 4) is 0 Å². The Balaban J connectivity index is 1.91. The lowest BCUT2D eigenvalue weighted by molar-refractivity contribution is 0.126. The average molecular weight is 286 g/mol. The predicted molar refractivity (Wildman–Crippen MR) is 90.2 cm³/mol. The fraction of sp³-hybridized carbons (Fsp3) is 0.632. The molecule has 1 aliphatic rings. The maximum atomic E-state index is 4.31. The Morgan fingerprint density at radius 3 is 3.00 bits per heavy atom. The van der Waals surface area contributed by atoms with Crippen LogP contribution in [0.25, 0.3) is 0 Å². The van der Waals surface area contributed by atoms with Crippen molar-refractivity contribution in [2.24, 2.45) is 5.92 Å². The number of hydrogen-bond acceptors (Lipinski definition) is 2. The molecule has 1 aromatic rings. The van der Waals surface area contributed by atoms with Gasteiger partial charge in [0.15, 0.2) is 0 Å². The van der Waals surface area contributed by atoms with Crippen LogP contribution in [0.2, 0.25) is 0 Å². The lowest BCUT2D eigenvalue weighted by Gasteiger charge is -2.37. The Morgan fingerprint density at radius 2 is 2.29 bits per heavy atom. The third-order valence-corrected chi connectivity index (χ3v) is 4.44. The predicted octanol–water partition coefficient (Wildman–Crippen LogP) is 4.99. The van der Waals surface area contributed by atoms with Crippen molar-refractivity contribution in [2.75, 3.05) is 13.1 Å². The number of pyridine rings is 1. The molecule has 0 radical (unpaired) electrons. The molecule has 0 aliphatic carbocycles. The molecule has 1 fully saturated rings. The maximum absolute atomic E-state index is 4.31. The van der Waals surface area contributed by atoms with Crippen LogP contribution >= 0.6 is 0 Å². The topological polar surface area (TPSA) is 16.1 Å². The number of hydrogen-bond donors (Lipinski definition) is 0. The Hall–Kier alpha value is -1.15. The molecule has 2 rings (SSSR count). The monoisotopic (exact) mass is 286 g/mol. The first-order valence-electron chi connectivity index (χ1n) is 8.44. The summed E-state index contributed by atoms with van der Waals surface area (Å²) in [4.78, 5) is 7.00. The van der Waals surface area contributed by atoms with Crippen molar-refractivity contribution in [2.45, 2.75) is 58.9 Å². The second-order valence-electron chi connectivity index (χ2n) is 6.76. The van der Waals surface area contributed by atoms with E-state index in [4.69, 9.17) is 0 Å². The summed E-state index contributed by atoms with van der Waals surface area (Å²) in [5, 5.41) is 0. The van der Waals surface area contributed by atoms with E-state index < -0.39 is 0 Å². The fourth-order valence-electron chi connectivity index (χ4n) is 3.31. The van der Waals surface area contributed by atoms with E-state index in [1.54, 1.807) is 0 Å². The van der Waals surface area contributed by atoms with Gasteiger partial charge in [0.05, 0.1) is 0 Å². The van der Waals surface area contributed by atoms with Crippen LogP contribution in [0.15, 0.2) is 36.2 Å². The van der Waals surface area contributed by atoms with Crippen LogP contribution in [0.5, 0.6) is 0 Å². The van der Waals surface area contributed by atoms with E-state index in [9.17, 15) is 0 Å². The van der Waals surface area contributed by atoms with E-state index in [-0.39, 0.29) is 0 Å². The normalized spacial score (nSPS) is 21.0. The summed E-state index contributed by atoms with van der Waals surface area (Å²) in [7, 11) is 0. The van der Waals surface area contributed by atoms with Gasteiger partial charge in [-0.15, -0.1) is 0 Å². The van der Waals surface area contributed by atoms with Crippen molar-refractivity contribution in [1.82, 2.24) is 9.88 Å². The van der Waals surface area contributed by atoms with Gasteiger partial charge in [0, 0.05) is 25.0 Å². The minimum Gasteiger partial charge on any atom is -0.296 e. The molecule has 0 bridgehead atoms.